The van der Waals surface area contributed by atoms with Crippen molar-refractivity contribution in [1.82, 2.24) is 26.6 Å². The molecule has 13 nitrogen and oxygen atoms in total. The Morgan fingerprint density at radius 3 is 1.08 bits per heavy atom. The summed E-state index contributed by atoms with van der Waals surface area (Å²) in [6, 6.07) is 62.1. The number of amides is 4. The predicted molar refractivity (Wildman–Crippen MR) is 342 cm³/mol. The van der Waals surface area contributed by atoms with Gasteiger partial charge in [0.25, 0.3) is 23.6 Å². The highest BCUT2D eigenvalue weighted by Gasteiger charge is 2.24. The maximum atomic E-state index is 14.1. The average molecular weight is 1150 g/mol. The highest BCUT2D eigenvalue weighted by molar-refractivity contribution is 6.24. The molecule has 0 unspecified atom stereocenters. The third kappa shape index (κ3) is 11.2. The summed E-state index contributed by atoms with van der Waals surface area (Å²) in [5.74, 6) is 0.924. The second kappa shape index (κ2) is 24.0. The predicted octanol–water partition coefficient (Wildman–Crippen LogP) is 11.1. The lowest BCUT2D eigenvalue weighted by Crippen LogP contribution is -2.38. The normalized spacial score (nSPS) is 14.2. The third-order valence-electron chi connectivity index (χ3n) is 17.1. The van der Waals surface area contributed by atoms with Gasteiger partial charge in [0.05, 0.1) is 0 Å². The van der Waals surface area contributed by atoms with Crippen LogP contribution in [0.4, 0.5) is 0 Å². The lowest BCUT2D eigenvalue weighted by atomic mass is 9.91. The van der Waals surface area contributed by atoms with E-state index in [9.17, 15) is 19.2 Å². The minimum atomic E-state index is -0.303. The topological polar surface area (TPSA) is 165 Å². The fourth-order valence-corrected chi connectivity index (χ4v) is 13.0. The Bertz CT molecular complexity index is 4230. The van der Waals surface area contributed by atoms with E-state index in [1.165, 1.54) is 43.1 Å². The smallest absolute Gasteiger partial charge is 0.258 e. The molecule has 0 spiro atoms. The number of nitrogens with one attached hydrogen (secondary N) is 5. The molecule has 1 aliphatic heterocycles. The van der Waals surface area contributed by atoms with Gasteiger partial charge in [0, 0.05) is 65.0 Å². The molecule has 1 heterocycles. The largest absolute Gasteiger partial charge is 0.483 e. The highest BCUT2D eigenvalue weighted by atomic mass is 16.5. The second-order valence-corrected chi connectivity index (χ2v) is 22.6. The van der Waals surface area contributed by atoms with Gasteiger partial charge in [0.1, 0.15) is 23.0 Å². The maximum absolute atomic E-state index is 14.1. The van der Waals surface area contributed by atoms with Crippen molar-refractivity contribution in [3.8, 4) is 23.0 Å². The number of fused-ring (bicyclic) bond motifs is 2. The van der Waals surface area contributed by atoms with Crippen LogP contribution in [0, 0.1) is 0 Å². The van der Waals surface area contributed by atoms with Crippen molar-refractivity contribution in [2.45, 2.75) is 38.8 Å². The molecule has 5 N–H and O–H groups in total. The second-order valence-electron chi connectivity index (χ2n) is 22.6. The van der Waals surface area contributed by atoms with Crippen LogP contribution in [0.3, 0.4) is 0 Å². The molecule has 13 heteroatoms. The van der Waals surface area contributed by atoms with Crippen molar-refractivity contribution < 1.29 is 38.1 Å². The molecule has 87 heavy (non-hydrogen) atoms. The molecular weight excluding hydrogens is 1090 g/mol. The number of rotatable bonds is 10. The van der Waals surface area contributed by atoms with E-state index in [1.807, 2.05) is 72.8 Å². The van der Waals surface area contributed by atoms with Crippen LogP contribution >= 0.6 is 0 Å². The first-order chi connectivity index (χ1) is 42.8. The average Bonchev–Trinajstić information content (AvgIpc) is 1.39. The van der Waals surface area contributed by atoms with Gasteiger partial charge < -0.3 is 45.5 Å². The third-order valence-corrected chi connectivity index (χ3v) is 17.1. The first-order valence-electron chi connectivity index (χ1n) is 29.8. The van der Waals surface area contributed by atoms with Crippen LogP contribution in [0.25, 0.3) is 64.6 Å². The Morgan fingerprint density at radius 2 is 0.701 bits per heavy atom. The standard InChI is InChI=1S/C74H63N5O8/c80-63-41-84-71-51-11-3-13-53(71)37-57-17-6-18-58(74(57)87-44-66(83)79-40-60-26-24-50-22-20-46-8-2-10-48-28-30-62(60)70(50)68(46)48)38-54-14-4-12-52(72(54)85-42-64(81)77-34-32-75-31-33-76-63)36-56-16-5-15-55(35-51)73(56)86-43-65(82)78-39-59-25-23-49-21-19-45-7-1-9-47-27-29-61(59)69(49)67(45)47/h1-30,75H,31-44H2,(H,76,80)(H,77,81)(H,78,82)(H,79,83). The number of carbonyl (C=O) groups is 4. The molecular formula is C74H63N5O8. The summed E-state index contributed by atoms with van der Waals surface area (Å²) in [5, 5.41) is 29.5. The first kappa shape index (κ1) is 54.7. The van der Waals surface area contributed by atoms with E-state index < -0.39 is 0 Å². The van der Waals surface area contributed by atoms with E-state index in [-0.39, 0.29) is 50.1 Å². The lowest BCUT2D eigenvalue weighted by molar-refractivity contribution is -0.124. The van der Waals surface area contributed by atoms with E-state index in [0.29, 0.717) is 87.9 Å². The van der Waals surface area contributed by atoms with Crippen molar-refractivity contribution in [1.29, 1.82) is 0 Å². The summed E-state index contributed by atoms with van der Waals surface area (Å²) in [4.78, 5) is 55.5. The Balaban J connectivity index is 0.800. The number of hydrogen-bond donors (Lipinski definition) is 5. The Hall–Kier alpha value is -10.2. The maximum Gasteiger partial charge on any atom is 0.258 e. The molecule has 0 radical (unpaired) electrons. The summed E-state index contributed by atoms with van der Waals surface area (Å²) in [7, 11) is 0. The molecule has 0 saturated carbocycles. The first-order valence-corrected chi connectivity index (χ1v) is 29.8. The molecule has 0 saturated heterocycles. The zero-order valence-corrected chi connectivity index (χ0v) is 48.0. The van der Waals surface area contributed by atoms with Crippen molar-refractivity contribution >= 4 is 88.3 Å². The van der Waals surface area contributed by atoms with Crippen LogP contribution in [0.1, 0.15) is 55.6 Å². The zero-order valence-electron chi connectivity index (χ0n) is 48.0. The van der Waals surface area contributed by atoms with Crippen molar-refractivity contribution in [3.63, 3.8) is 0 Å². The van der Waals surface area contributed by atoms with Crippen LogP contribution in [0.5, 0.6) is 23.0 Å². The summed E-state index contributed by atoms with van der Waals surface area (Å²) >= 11 is 0. The van der Waals surface area contributed by atoms with Crippen LogP contribution in [-0.2, 0) is 58.0 Å². The quantitative estimate of drug-likeness (QED) is 0.0838. The fraction of sp³-hybridized carbons (Fsp3) is 0.189. The van der Waals surface area contributed by atoms with E-state index in [4.69, 9.17) is 18.9 Å². The molecule has 4 amide bonds. The summed E-state index contributed by atoms with van der Waals surface area (Å²) in [5.41, 5.74) is 8.32. The van der Waals surface area contributed by atoms with Gasteiger partial charge in [-0.2, -0.15) is 0 Å². The van der Waals surface area contributed by atoms with Crippen LogP contribution < -0.4 is 45.5 Å². The van der Waals surface area contributed by atoms with E-state index in [1.54, 1.807) is 0 Å². The molecule has 0 atom stereocenters. The van der Waals surface area contributed by atoms with Gasteiger partial charge in [0.2, 0.25) is 0 Å². The summed E-state index contributed by atoms with van der Waals surface area (Å²) < 4.78 is 26.8. The van der Waals surface area contributed by atoms with Gasteiger partial charge in [-0.25, -0.2) is 0 Å². The van der Waals surface area contributed by atoms with Gasteiger partial charge in [-0.1, -0.05) is 182 Å². The molecule has 12 aromatic rings. The van der Waals surface area contributed by atoms with E-state index >= 15 is 0 Å². The number of ether oxygens (including phenoxy) is 4. The van der Waals surface area contributed by atoms with Gasteiger partial charge in [-0.15, -0.1) is 0 Å². The Morgan fingerprint density at radius 1 is 0.379 bits per heavy atom. The molecule has 0 fully saturated rings. The number of carbonyl (C=O) groups excluding carboxylic acids is 4. The van der Waals surface area contributed by atoms with Gasteiger partial charge >= 0.3 is 0 Å². The summed E-state index contributed by atoms with van der Waals surface area (Å²) in [6.07, 6.45) is 1.23. The molecule has 12 aromatic carbocycles. The zero-order chi connectivity index (χ0) is 58.8. The van der Waals surface area contributed by atoms with E-state index in [0.717, 1.165) is 77.2 Å². The van der Waals surface area contributed by atoms with Crippen molar-refractivity contribution in [2.24, 2.45) is 0 Å². The van der Waals surface area contributed by atoms with Crippen molar-refractivity contribution in [2.75, 3.05) is 52.6 Å². The SMILES string of the molecule is O=C1COc2c3cccc2Cc2cccc(c2OCC(=O)NCc2ccc4ccc5cccc6ccc2c4c56)Cc2cccc(c2OCC(=O)NCCNCCN1)Cc1cccc(c1OCC(=O)NCc1ccc2ccc4cccc5ccc1c2c45)C3. The van der Waals surface area contributed by atoms with Gasteiger partial charge in [-0.05, 0) is 120 Å². The summed E-state index contributed by atoms with van der Waals surface area (Å²) in [6.45, 7) is 1.17. The van der Waals surface area contributed by atoms with Crippen LogP contribution in [-0.4, -0.2) is 76.2 Å². The van der Waals surface area contributed by atoms with Crippen LogP contribution in [0.2, 0.25) is 0 Å². The van der Waals surface area contributed by atoms with Gasteiger partial charge in [0.15, 0.2) is 26.4 Å². The molecule has 432 valence electrons. The van der Waals surface area contributed by atoms with Crippen LogP contribution in [0.15, 0.2) is 182 Å². The van der Waals surface area contributed by atoms with Gasteiger partial charge in [-0.3, -0.25) is 19.2 Å². The van der Waals surface area contributed by atoms with E-state index in [2.05, 4.69) is 136 Å². The Kier molecular flexibility index (Phi) is 15.1. The monoisotopic (exact) mass is 1150 g/mol. The van der Waals surface area contributed by atoms with Crippen molar-refractivity contribution in [3.05, 3.63) is 238 Å². The molecule has 14 rings (SSSR count). The molecule has 10 bridgehead atoms. The molecule has 0 aromatic heterocycles. The minimum absolute atomic E-state index is 0.261. The molecule has 2 aliphatic rings. The lowest BCUT2D eigenvalue weighted by Gasteiger charge is -2.23. The molecule has 1 aliphatic carbocycles. The fourth-order valence-electron chi connectivity index (χ4n) is 13.0. The number of benzene rings is 12. The highest BCUT2D eigenvalue weighted by Crippen LogP contribution is 2.41. The number of para-hydroxylation sites is 4. The minimum Gasteiger partial charge on any atom is -0.483 e. The Labute approximate surface area is 502 Å². The number of hydrogen-bond acceptors (Lipinski definition) is 9.